The summed E-state index contributed by atoms with van der Waals surface area (Å²) in [5, 5.41) is 12.1. The number of carboxylic acid groups (broad SMARTS) is 1. The molecular formula is C28H31N3O4. The van der Waals surface area contributed by atoms with Crippen molar-refractivity contribution in [2.75, 3.05) is 25.0 Å². The number of para-hydroxylation sites is 1. The molecule has 0 spiro atoms. The number of nitrogens with zero attached hydrogens (tertiary/aromatic N) is 2. The van der Waals surface area contributed by atoms with E-state index in [9.17, 15) is 9.59 Å². The third kappa shape index (κ3) is 6.68. The highest BCUT2D eigenvalue weighted by molar-refractivity contribution is 5.92. The maximum Gasteiger partial charge on any atom is 0.335 e. The summed E-state index contributed by atoms with van der Waals surface area (Å²) in [7, 11) is 0. The van der Waals surface area contributed by atoms with Crippen molar-refractivity contribution in [3.63, 3.8) is 0 Å². The van der Waals surface area contributed by atoms with E-state index in [-0.39, 0.29) is 18.0 Å². The molecule has 7 heteroatoms. The Morgan fingerprint density at radius 3 is 2.09 bits per heavy atom. The molecule has 1 amide bonds. The monoisotopic (exact) mass is 473 g/mol. The number of carbonyl (C=O) groups excluding carboxylic acids is 1. The van der Waals surface area contributed by atoms with E-state index in [4.69, 9.17) is 9.84 Å². The summed E-state index contributed by atoms with van der Waals surface area (Å²) in [6.07, 6.45) is 0. The van der Waals surface area contributed by atoms with Crippen LogP contribution < -0.4 is 10.1 Å². The Bertz CT molecular complexity index is 1120. The van der Waals surface area contributed by atoms with E-state index >= 15 is 0 Å². The van der Waals surface area contributed by atoms with Crippen molar-refractivity contribution in [2.24, 2.45) is 0 Å². The maximum atomic E-state index is 12.8. The topological polar surface area (TPSA) is 82.1 Å². The minimum atomic E-state index is -0.915. The van der Waals surface area contributed by atoms with Gasteiger partial charge in [-0.15, -0.1) is 0 Å². The minimum Gasteiger partial charge on any atom is -0.478 e. The second kappa shape index (κ2) is 11.2. The van der Waals surface area contributed by atoms with Crippen molar-refractivity contribution in [3.8, 4) is 11.5 Å². The highest BCUT2D eigenvalue weighted by atomic mass is 16.5. The fourth-order valence-electron chi connectivity index (χ4n) is 4.52. The van der Waals surface area contributed by atoms with Gasteiger partial charge in [0.05, 0.1) is 12.1 Å². The molecule has 1 heterocycles. The van der Waals surface area contributed by atoms with Crippen LogP contribution in [-0.2, 0) is 11.3 Å². The number of anilines is 1. The molecule has 2 N–H and O–H groups in total. The molecule has 1 aliphatic heterocycles. The Labute approximate surface area is 205 Å². The lowest BCUT2D eigenvalue weighted by Crippen LogP contribution is -2.57. The van der Waals surface area contributed by atoms with Gasteiger partial charge in [-0.25, -0.2) is 4.79 Å². The van der Waals surface area contributed by atoms with Crippen LogP contribution in [0, 0.1) is 0 Å². The Morgan fingerprint density at radius 2 is 1.49 bits per heavy atom. The van der Waals surface area contributed by atoms with Gasteiger partial charge in [0.25, 0.3) is 0 Å². The standard InChI is InChI=1S/C28H31N3O4/c1-20-16-30(18-22-8-10-23(11-9-22)28(33)34)17-21(2)31(20)19-27(32)29-24-12-14-26(15-13-24)35-25-6-4-3-5-7-25/h3-15,20-21H,16-19H2,1-2H3,(H,29,32)(H,33,34). The summed E-state index contributed by atoms with van der Waals surface area (Å²) in [6.45, 7) is 7.03. The predicted octanol–water partition coefficient (Wildman–Crippen LogP) is 4.71. The Balaban J connectivity index is 1.27. The number of carboxylic acids is 1. The van der Waals surface area contributed by atoms with Crippen molar-refractivity contribution in [1.29, 1.82) is 0 Å². The molecule has 1 saturated heterocycles. The average molecular weight is 474 g/mol. The quantitative estimate of drug-likeness (QED) is 0.493. The number of benzene rings is 3. The summed E-state index contributed by atoms with van der Waals surface area (Å²) in [5.41, 5.74) is 2.11. The summed E-state index contributed by atoms with van der Waals surface area (Å²) < 4.78 is 5.81. The van der Waals surface area contributed by atoms with E-state index in [1.165, 1.54) is 0 Å². The first-order chi connectivity index (χ1) is 16.9. The first-order valence-electron chi connectivity index (χ1n) is 11.8. The second-order valence-electron chi connectivity index (χ2n) is 9.05. The molecule has 2 atom stereocenters. The number of nitrogens with one attached hydrogen (secondary N) is 1. The normalized spacial score (nSPS) is 18.7. The number of aromatic carboxylic acids is 1. The first-order valence-corrected chi connectivity index (χ1v) is 11.8. The van der Waals surface area contributed by atoms with Gasteiger partial charge < -0.3 is 15.2 Å². The van der Waals surface area contributed by atoms with Crippen LogP contribution in [0.3, 0.4) is 0 Å². The van der Waals surface area contributed by atoms with Crippen molar-refractivity contribution in [1.82, 2.24) is 9.80 Å². The number of amides is 1. The molecule has 3 aromatic carbocycles. The van der Waals surface area contributed by atoms with Crippen LogP contribution in [0.25, 0.3) is 0 Å². The van der Waals surface area contributed by atoms with Crippen LogP contribution in [-0.4, -0.2) is 58.5 Å². The molecule has 1 aliphatic rings. The molecular weight excluding hydrogens is 442 g/mol. The number of piperazine rings is 1. The zero-order valence-electron chi connectivity index (χ0n) is 20.1. The molecule has 1 fully saturated rings. The average Bonchev–Trinajstić information content (AvgIpc) is 2.84. The second-order valence-corrected chi connectivity index (χ2v) is 9.05. The largest absolute Gasteiger partial charge is 0.478 e. The first kappa shape index (κ1) is 24.4. The predicted molar refractivity (Wildman–Crippen MR) is 136 cm³/mol. The van der Waals surface area contributed by atoms with Crippen LogP contribution in [0.2, 0.25) is 0 Å². The van der Waals surface area contributed by atoms with Crippen molar-refractivity contribution < 1.29 is 19.4 Å². The van der Waals surface area contributed by atoms with Gasteiger partial charge in [0.15, 0.2) is 0 Å². The molecule has 7 nitrogen and oxygen atoms in total. The Kier molecular flexibility index (Phi) is 7.80. The van der Waals surface area contributed by atoms with E-state index in [0.29, 0.717) is 17.9 Å². The van der Waals surface area contributed by atoms with Gasteiger partial charge in [-0.1, -0.05) is 30.3 Å². The summed E-state index contributed by atoms with van der Waals surface area (Å²) in [5.74, 6) is 0.522. The number of hydrogen-bond acceptors (Lipinski definition) is 5. The molecule has 3 aromatic rings. The van der Waals surface area contributed by atoms with E-state index in [0.717, 1.165) is 36.6 Å². The Morgan fingerprint density at radius 1 is 0.886 bits per heavy atom. The highest BCUT2D eigenvalue weighted by Gasteiger charge is 2.30. The van der Waals surface area contributed by atoms with Crippen LogP contribution >= 0.6 is 0 Å². The summed E-state index contributed by atoms with van der Waals surface area (Å²) in [4.78, 5) is 28.4. The van der Waals surface area contributed by atoms with Gasteiger partial charge in [-0.05, 0) is 67.9 Å². The third-order valence-electron chi connectivity index (χ3n) is 6.23. The SMILES string of the molecule is CC1CN(Cc2ccc(C(=O)O)cc2)CC(C)N1CC(=O)Nc1ccc(Oc2ccccc2)cc1. The number of ether oxygens (including phenoxy) is 1. The van der Waals surface area contributed by atoms with Gasteiger partial charge in [-0.2, -0.15) is 0 Å². The van der Waals surface area contributed by atoms with Gasteiger partial charge >= 0.3 is 5.97 Å². The maximum absolute atomic E-state index is 12.8. The fraction of sp³-hybridized carbons (Fsp3) is 0.286. The van der Waals surface area contributed by atoms with Crippen molar-refractivity contribution in [3.05, 3.63) is 90.0 Å². The van der Waals surface area contributed by atoms with E-state index < -0.39 is 5.97 Å². The van der Waals surface area contributed by atoms with Crippen molar-refractivity contribution >= 4 is 17.6 Å². The minimum absolute atomic E-state index is 0.0434. The molecule has 0 saturated carbocycles. The van der Waals surface area contributed by atoms with Gasteiger partial charge in [0.2, 0.25) is 5.91 Å². The molecule has 0 radical (unpaired) electrons. The van der Waals surface area contributed by atoms with E-state index in [1.807, 2.05) is 66.7 Å². The smallest absolute Gasteiger partial charge is 0.335 e. The number of carbonyl (C=O) groups is 2. The molecule has 2 unspecified atom stereocenters. The van der Waals surface area contributed by atoms with Crippen LogP contribution in [0.15, 0.2) is 78.9 Å². The molecule has 182 valence electrons. The van der Waals surface area contributed by atoms with Crippen molar-refractivity contribution in [2.45, 2.75) is 32.5 Å². The molecule has 0 aromatic heterocycles. The molecule has 35 heavy (non-hydrogen) atoms. The number of rotatable bonds is 8. The molecule has 0 bridgehead atoms. The third-order valence-corrected chi connectivity index (χ3v) is 6.23. The highest BCUT2D eigenvalue weighted by Crippen LogP contribution is 2.23. The van der Waals surface area contributed by atoms with Gasteiger partial charge in [0.1, 0.15) is 11.5 Å². The molecule has 0 aliphatic carbocycles. The zero-order valence-corrected chi connectivity index (χ0v) is 20.1. The lowest BCUT2D eigenvalue weighted by molar-refractivity contribution is -0.119. The van der Waals surface area contributed by atoms with Crippen LogP contribution in [0.5, 0.6) is 11.5 Å². The van der Waals surface area contributed by atoms with E-state index in [1.54, 1.807) is 12.1 Å². The van der Waals surface area contributed by atoms with Crippen LogP contribution in [0.1, 0.15) is 29.8 Å². The fourth-order valence-corrected chi connectivity index (χ4v) is 4.52. The lowest BCUT2D eigenvalue weighted by Gasteiger charge is -2.44. The molecule has 4 rings (SSSR count). The van der Waals surface area contributed by atoms with Gasteiger partial charge in [0, 0.05) is 37.4 Å². The Hall–Kier alpha value is -3.68. The summed E-state index contributed by atoms with van der Waals surface area (Å²) >= 11 is 0. The van der Waals surface area contributed by atoms with Gasteiger partial charge in [-0.3, -0.25) is 14.6 Å². The number of hydrogen-bond donors (Lipinski definition) is 2. The lowest BCUT2D eigenvalue weighted by atomic mass is 10.1. The van der Waals surface area contributed by atoms with E-state index in [2.05, 4.69) is 29.0 Å². The van der Waals surface area contributed by atoms with Crippen LogP contribution in [0.4, 0.5) is 5.69 Å². The summed E-state index contributed by atoms with van der Waals surface area (Å²) in [6, 6.07) is 24.4. The zero-order chi connectivity index (χ0) is 24.8.